The zero-order valence-electron chi connectivity index (χ0n) is 13.3. The second-order valence-corrected chi connectivity index (χ2v) is 5.81. The lowest BCUT2D eigenvalue weighted by Gasteiger charge is -2.37. The van der Waals surface area contributed by atoms with E-state index in [1.54, 1.807) is 11.8 Å². The molecule has 1 rings (SSSR count). The van der Waals surface area contributed by atoms with E-state index in [0.717, 1.165) is 38.5 Å². The fraction of sp³-hybridized carbons (Fsp3) is 0.875. The monoisotopic (exact) mass is 299 g/mol. The van der Waals surface area contributed by atoms with Crippen LogP contribution >= 0.6 is 0 Å². The molecule has 0 heterocycles. The molecule has 0 aromatic heterocycles. The number of carboxylic acids is 1. The largest absolute Gasteiger partial charge is 0.481 e. The maximum Gasteiger partial charge on any atom is 0.410 e. The number of carbonyl (C=O) groups excluding carboxylic acids is 1. The van der Waals surface area contributed by atoms with Gasteiger partial charge in [-0.2, -0.15) is 0 Å². The van der Waals surface area contributed by atoms with Gasteiger partial charge in [-0.05, 0) is 32.1 Å². The highest BCUT2D eigenvalue weighted by Gasteiger charge is 2.33. The van der Waals surface area contributed by atoms with Gasteiger partial charge in [-0.25, -0.2) is 4.79 Å². The van der Waals surface area contributed by atoms with Gasteiger partial charge in [0.25, 0.3) is 0 Å². The summed E-state index contributed by atoms with van der Waals surface area (Å²) >= 11 is 0. The van der Waals surface area contributed by atoms with Gasteiger partial charge in [0, 0.05) is 12.6 Å². The molecule has 1 aliphatic carbocycles. The fourth-order valence-electron chi connectivity index (χ4n) is 3.16. The van der Waals surface area contributed by atoms with Crippen LogP contribution in [0.4, 0.5) is 4.79 Å². The molecule has 21 heavy (non-hydrogen) atoms. The van der Waals surface area contributed by atoms with E-state index in [0.29, 0.717) is 13.2 Å². The molecule has 1 unspecified atom stereocenters. The number of hydrogen-bond acceptors (Lipinski definition) is 3. The predicted molar refractivity (Wildman–Crippen MR) is 81.3 cm³/mol. The van der Waals surface area contributed by atoms with Crippen LogP contribution in [0, 0.1) is 5.92 Å². The average molecular weight is 299 g/mol. The average Bonchev–Trinajstić information content (AvgIpc) is 2.47. The Bertz CT molecular complexity index is 326. The summed E-state index contributed by atoms with van der Waals surface area (Å²) in [5, 5.41) is 9.22. The van der Waals surface area contributed by atoms with E-state index in [1.165, 1.54) is 6.42 Å². The van der Waals surface area contributed by atoms with Gasteiger partial charge in [-0.15, -0.1) is 0 Å². The summed E-state index contributed by atoms with van der Waals surface area (Å²) in [7, 11) is 0. The van der Waals surface area contributed by atoms with Gasteiger partial charge in [0.15, 0.2) is 0 Å². The van der Waals surface area contributed by atoms with E-state index in [9.17, 15) is 14.7 Å². The molecule has 1 N–H and O–H groups in total. The Morgan fingerprint density at radius 3 is 2.43 bits per heavy atom. The van der Waals surface area contributed by atoms with Crippen molar-refractivity contribution >= 4 is 12.1 Å². The Labute approximate surface area is 127 Å². The Morgan fingerprint density at radius 1 is 1.24 bits per heavy atom. The van der Waals surface area contributed by atoms with Gasteiger partial charge < -0.3 is 14.7 Å². The lowest BCUT2D eigenvalue weighted by atomic mass is 9.82. The first kappa shape index (κ1) is 17.8. The molecule has 0 radical (unpaired) electrons. The highest BCUT2D eigenvalue weighted by atomic mass is 16.6. The smallest absolute Gasteiger partial charge is 0.410 e. The second-order valence-electron chi connectivity index (χ2n) is 5.81. The van der Waals surface area contributed by atoms with Crippen molar-refractivity contribution in [2.45, 2.75) is 71.3 Å². The predicted octanol–water partition coefficient (Wildman–Crippen LogP) is 3.67. The van der Waals surface area contributed by atoms with E-state index in [2.05, 4.69) is 6.92 Å². The standard InChI is InChI=1S/C16H29NO4/c1-3-5-11-17(16(20)21-4-2)14(12-15(18)19)13-9-7-6-8-10-13/h13-14H,3-12H2,1-2H3,(H,18,19). The van der Waals surface area contributed by atoms with Crippen LogP contribution in [0.15, 0.2) is 0 Å². The normalized spacial score (nSPS) is 17.2. The molecule has 0 aromatic carbocycles. The van der Waals surface area contributed by atoms with Crippen LogP contribution in [0.25, 0.3) is 0 Å². The number of ether oxygens (including phenoxy) is 1. The minimum atomic E-state index is -0.837. The zero-order valence-corrected chi connectivity index (χ0v) is 13.3. The summed E-state index contributed by atoms with van der Waals surface area (Å²) in [6, 6.07) is -0.228. The molecule has 1 amide bonds. The lowest BCUT2D eigenvalue weighted by Crippen LogP contribution is -2.47. The number of hydrogen-bond donors (Lipinski definition) is 1. The lowest BCUT2D eigenvalue weighted by molar-refractivity contribution is -0.138. The van der Waals surface area contributed by atoms with Crippen molar-refractivity contribution in [3.05, 3.63) is 0 Å². The van der Waals surface area contributed by atoms with E-state index in [-0.39, 0.29) is 24.5 Å². The third kappa shape index (κ3) is 5.94. The van der Waals surface area contributed by atoms with Gasteiger partial charge in [0.1, 0.15) is 0 Å². The summed E-state index contributed by atoms with van der Waals surface area (Å²) in [4.78, 5) is 25.1. The molecule has 0 spiro atoms. The quantitative estimate of drug-likeness (QED) is 0.742. The molecule has 1 aliphatic rings. The van der Waals surface area contributed by atoms with Crippen LogP contribution in [0.3, 0.4) is 0 Å². The number of amides is 1. The van der Waals surface area contributed by atoms with E-state index < -0.39 is 5.97 Å². The summed E-state index contributed by atoms with van der Waals surface area (Å²) in [5.41, 5.74) is 0. The Morgan fingerprint density at radius 2 is 1.90 bits per heavy atom. The molecule has 1 saturated carbocycles. The third-order valence-electron chi connectivity index (χ3n) is 4.23. The molecular weight excluding hydrogens is 270 g/mol. The number of nitrogens with zero attached hydrogens (tertiary/aromatic N) is 1. The van der Waals surface area contributed by atoms with Crippen LogP contribution in [0.2, 0.25) is 0 Å². The summed E-state index contributed by atoms with van der Waals surface area (Å²) in [5.74, 6) is -0.549. The molecule has 0 bridgehead atoms. The topological polar surface area (TPSA) is 66.8 Å². The first-order chi connectivity index (χ1) is 10.1. The van der Waals surface area contributed by atoms with E-state index in [1.807, 2.05) is 0 Å². The van der Waals surface area contributed by atoms with Crippen molar-refractivity contribution in [2.75, 3.05) is 13.2 Å². The van der Waals surface area contributed by atoms with Crippen molar-refractivity contribution in [1.29, 1.82) is 0 Å². The van der Waals surface area contributed by atoms with Gasteiger partial charge in [0.05, 0.1) is 13.0 Å². The van der Waals surface area contributed by atoms with Crippen molar-refractivity contribution in [3.8, 4) is 0 Å². The van der Waals surface area contributed by atoms with Crippen LogP contribution in [0.5, 0.6) is 0 Å². The Kier molecular flexibility index (Phi) is 8.16. The van der Waals surface area contributed by atoms with Crippen molar-refractivity contribution in [1.82, 2.24) is 4.90 Å². The number of unbranched alkanes of at least 4 members (excludes halogenated alkanes) is 1. The van der Waals surface area contributed by atoms with Crippen molar-refractivity contribution < 1.29 is 19.4 Å². The Balaban J connectivity index is 2.85. The van der Waals surface area contributed by atoms with Crippen LogP contribution in [-0.4, -0.2) is 41.3 Å². The Hall–Kier alpha value is -1.26. The van der Waals surface area contributed by atoms with Crippen LogP contribution < -0.4 is 0 Å². The minimum absolute atomic E-state index is 0.0210. The maximum absolute atomic E-state index is 12.2. The minimum Gasteiger partial charge on any atom is -0.481 e. The molecule has 122 valence electrons. The van der Waals surface area contributed by atoms with E-state index >= 15 is 0 Å². The first-order valence-corrected chi connectivity index (χ1v) is 8.25. The van der Waals surface area contributed by atoms with Gasteiger partial charge in [0.2, 0.25) is 0 Å². The fourth-order valence-corrected chi connectivity index (χ4v) is 3.16. The summed E-state index contributed by atoms with van der Waals surface area (Å²) in [6.07, 6.45) is 7.01. The third-order valence-corrected chi connectivity index (χ3v) is 4.23. The number of rotatable bonds is 8. The van der Waals surface area contributed by atoms with Gasteiger partial charge >= 0.3 is 12.1 Å². The van der Waals surface area contributed by atoms with Crippen LogP contribution in [0.1, 0.15) is 65.2 Å². The van der Waals surface area contributed by atoms with Gasteiger partial charge in [-0.1, -0.05) is 32.6 Å². The molecule has 0 saturated heterocycles. The highest BCUT2D eigenvalue weighted by Crippen LogP contribution is 2.31. The van der Waals surface area contributed by atoms with Crippen LogP contribution in [-0.2, 0) is 9.53 Å². The number of carboxylic acid groups (broad SMARTS) is 1. The molecule has 5 heteroatoms. The zero-order chi connectivity index (χ0) is 15.7. The SMILES string of the molecule is CCCCN(C(=O)OCC)C(CC(=O)O)C1CCCCC1. The molecule has 1 atom stereocenters. The highest BCUT2D eigenvalue weighted by molar-refractivity contribution is 5.71. The van der Waals surface area contributed by atoms with Gasteiger partial charge in [-0.3, -0.25) is 4.79 Å². The van der Waals surface area contributed by atoms with Crippen molar-refractivity contribution in [2.24, 2.45) is 5.92 Å². The maximum atomic E-state index is 12.2. The molecule has 5 nitrogen and oxygen atoms in total. The molecule has 0 aromatic rings. The summed E-state index contributed by atoms with van der Waals surface area (Å²) < 4.78 is 5.15. The second kappa shape index (κ2) is 9.64. The summed E-state index contributed by atoms with van der Waals surface area (Å²) in [6.45, 7) is 4.76. The molecule has 0 aliphatic heterocycles. The van der Waals surface area contributed by atoms with E-state index in [4.69, 9.17) is 4.74 Å². The number of aliphatic carboxylic acids is 1. The first-order valence-electron chi connectivity index (χ1n) is 8.25. The molecular formula is C16H29NO4. The number of carbonyl (C=O) groups is 2. The molecule has 1 fully saturated rings. The van der Waals surface area contributed by atoms with Crippen molar-refractivity contribution in [3.63, 3.8) is 0 Å².